The summed E-state index contributed by atoms with van der Waals surface area (Å²) in [7, 11) is 1.54. The molecule has 2 aromatic carbocycles. The maximum Gasteiger partial charge on any atom is 0.251 e. The van der Waals surface area contributed by atoms with Crippen molar-refractivity contribution in [3.05, 3.63) is 58.6 Å². The van der Waals surface area contributed by atoms with Gasteiger partial charge in [0.2, 0.25) is 0 Å². The van der Waals surface area contributed by atoms with Crippen LogP contribution >= 0.6 is 11.6 Å². The molecule has 5 nitrogen and oxygen atoms in total. The molecule has 3 N–H and O–H groups in total. The second-order valence-corrected chi connectivity index (χ2v) is 5.62. The molecule has 6 heteroatoms. The van der Waals surface area contributed by atoms with E-state index in [9.17, 15) is 4.79 Å². The molecule has 0 aromatic heterocycles. The number of hydrogen-bond donors (Lipinski definition) is 2. The van der Waals surface area contributed by atoms with E-state index < -0.39 is 0 Å². The summed E-state index contributed by atoms with van der Waals surface area (Å²) in [4.78, 5) is 12.0. The van der Waals surface area contributed by atoms with Crippen molar-refractivity contribution in [1.29, 1.82) is 0 Å². The molecule has 0 atom stereocenters. The van der Waals surface area contributed by atoms with Crippen LogP contribution in [0.2, 0.25) is 5.02 Å². The number of ether oxygens (including phenoxy) is 2. The summed E-state index contributed by atoms with van der Waals surface area (Å²) < 4.78 is 11.1. The number of rotatable bonds is 8. The Bertz CT molecular complexity index is 674. The Morgan fingerprint density at radius 1 is 1.17 bits per heavy atom. The first-order chi connectivity index (χ1) is 11.6. The smallest absolute Gasteiger partial charge is 0.251 e. The van der Waals surface area contributed by atoms with Crippen LogP contribution in [0.1, 0.15) is 22.3 Å². The molecule has 0 saturated heterocycles. The lowest BCUT2D eigenvalue weighted by Gasteiger charge is -2.12. The van der Waals surface area contributed by atoms with Crippen molar-refractivity contribution in [1.82, 2.24) is 5.32 Å². The van der Waals surface area contributed by atoms with Crippen molar-refractivity contribution in [2.24, 2.45) is 5.73 Å². The van der Waals surface area contributed by atoms with E-state index in [1.54, 1.807) is 25.3 Å². The van der Waals surface area contributed by atoms with Gasteiger partial charge in [-0.1, -0.05) is 23.7 Å². The van der Waals surface area contributed by atoms with Gasteiger partial charge in [0.25, 0.3) is 5.91 Å². The van der Waals surface area contributed by atoms with Crippen molar-refractivity contribution >= 4 is 17.5 Å². The fourth-order valence-corrected chi connectivity index (χ4v) is 2.20. The Labute approximate surface area is 146 Å². The second-order valence-electron chi connectivity index (χ2n) is 5.18. The fraction of sp³-hybridized carbons (Fsp3) is 0.278. The van der Waals surface area contributed by atoms with E-state index in [1.807, 2.05) is 24.3 Å². The average molecular weight is 349 g/mol. The first-order valence-corrected chi connectivity index (χ1v) is 8.05. The third-order valence-corrected chi connectivity index (χ3v) is 3.65. The Balaban J connectivity index is 2.02. The van der Waals surface area contributed by atoms with E-state index in [1.165, 1.54) is 0 Å². The number of hydrogen-bond acceptors (Lipinski definition) is 4. The Hall–Kier alpha value is -2.24. The molecule has 0 radical (unpaired) electrons. The summed E-state index contributed by atoms with van der Waals surface area (Å²) in [5.41, 5.74) is 6.92. The first kappa shape index (κ1) is 18.1. The largest absolute Gasteiger partial charge is 0.493 e. The van der Waals surface area contributed by atoms with Gasteiger partial charge in [-0.25, -0.2) is 0 Å². The molecule has 128 valence electrons. The van der Waals surface area contributed by atoms with E-state index >= 15 is 0 Å². The van der Waals surface area contributed by atoms with Crippen LogP contribution in [0.4, 0.5) is 0 Å². The molecule has 0 heterocycles. The minimum absolute atomic E-state index is 0.161. The van der Waals surface area contributed by atoms with Gasteiger partial charge in [0.05, 0.1) is 7.11 Å². The van der Waals surface area contributed by atoms with Crippen molar-refractivity contribution in [3.8, 4) is 11.5 Å². The van der Waals surface area contributed by atoms with Crippen LogP contribution in [0.3, 0.4) is 0 Å². The van der Waals surface area contributed by atoms with Crippen molar-refractivity contribution in [2.45, 2.75) is 13.0 Å². The van der Waals surface area contributed by atoms with Crippen LogP contribution in [0, 0.1) is 0 Å². The minimum atomic E-state index is -0.161. The normalized spacial score (nSPS) is 10.3. The highest BCUT2D eigenvalue weighted by Crippen LogP contribution is 2.29. The number of carbonyl (C=O) groups is 1. The lowest BCUT2D eigenvalue weighted by Crippen LogP contribution is -2.25. The lowest BCUT2D eigenvalue weighted by molar-refractivity contribution is 0.0953. The van der Waals surface area contributed by atoms with Gasteiger partial charge in [-0.05, 0) is 48.9 Å². The maximum absolute atomic E-state index is 12.0. The van der Waals surface area contributed by atoms with Crippen LogP contribution in [0.15, 0.2) is 42.5 Å². The number of nitrogens with one attached hydrogen (secondary N) is 1. The number of carbonyl (C=O) groups excluding carboxylic acids is 1. The van der Waals surface area contributed by atoms with Gasteiger partial charge in [0, 0.05) is 17.1 Å². The van der Waals surface area contributed by atoms with E-state index in [2.05, 4.69) is 5.32 Å². The number of benzene rings is 2. The zero-order valence-electron chi connectivity index (χ0n) is 13.5. The number of amides is 1. The van der Waals surface area contributed by atoms with Crippen LogP contribution < -0.4 is 20.5 Å². The molecule has 0 aliphatic rings. The van der Waals surface area contributed by atoms with Gasteiger partial charge in [-0.15, -0.1) is 0 Å². The first-order valence-electron chi connectivity index (χ1n) is 7.67. The Morgan fingerprint density at radius 2 is 1.92 bits per heavy atom. The average Bonchev–Trinajstić information content (AvgIpc) is 2.61. The molecule has 0 fully saturated rings. The molecule has 0 unspecified atom stereocenters. The summed E-state index contributed by atoms with van der Waals surface area (Å²) in [6.45, 7) is 1.48. The van der Waals surface area contributed by atoms with E-state index in [0.717, 1.165) is 12.0 Å². The second kappa shape index (κ2) is 9.15. The highest BCUT2D eigenvalue weighted by molar-refractivity contribution is 6.30. The van der Waals surface area contributed by atoms with Crippen LogP contribution in [0.25, 0.3) is 0 Å². The zero-order valence-corrected chi connectivity index (χ0v) is 14.3. The van der Waals surface area contributed by atoms with Gasteiger partial charge < -0.3 is 20.5 Å². The van der Waals surface area contributed by atoms with Crippen LogP contribution in [0.5, 0.6) is 11.5 Å². The fourth-order valence-electron chi connectivity index (χ4n) is 2.08. The predicted molar refractivity (Wildman–Crippen MR) is 94.8 cm³/mol. The molecule has 0 bridgehead atoms. The molecule has 0 aliphatic carbocycles. The summed E-state index contributed by atoms with van der Waals surface area (Å²) in [5, 5.41) is 3.49. The van der Waals surface area contributed by atoms with Crippen LogP contribution in [-0.4, -0.2) is 26.1 Å². The highest BCUT2D eigenvalue weighted by Gasteiger charge is 2.11. The summed E-state index contributed by atoms with van der Waals surface area (Å²) in [6.07, 6.45) is 0.741. The van der Waals surface area contributed by atoms with Crippen LogP contribution in [-0.2, 0) is 6.61 Å². The zero-order chi connectivity index (χ0) is 17.4. The molecular formula is C18H21ClN2O3. The SMILES string of the molecule is COc1cc(C(=O)NCCCN)ccc1OCc1ccc(Cl)cc1. The molecule has 1 amide bonds. The summed E-state index contributed by atoms with van der Waals surface area (Å²) >= 11 is 5.86. The van der Waals surface area contributed by atoms with E-state index in [0.29, 0.717) is 41.8 Å². The Morgan fingerprint density at radius 3 is 2.58 bits per heavy atom. The lowest BCUT2D eigenvalue weighted by atomic mass is 10.2. The van der Waals surface area contributed by atoms with Crippen molar-refractivity contribution in [3.63, 3.8) is 0 Å². The van der Waals surface area contributed by atoms with Gasteiger partial charge in [-0.3, -0.25) is 4.79 Å². The Kier molecular flexibility index (Phi) is 6.90. The minimum Gasteiger partial charge on any atom is -0.493 e. The van der Waals surface area contributed by atoms with Crippen molar-refractivity contribution in [2.75, 3.05) is 20.2 Å². The molecular weight excluding hydrogens is 328 g/mol. The molecule has 0 saturated carbocycles. The molecule has 0 aliphatic heterocycles. The topological polar surface area (TPSA) is 73.6 Å². The highest BCUT2D eigenvalue weighted by atomic mass is 35.5. The quantitative estimate of drug-likeness (QED) is 0.719. The number of methoxy groups -OCH3 is 1. The van der Waals surface area contributed by atoms with Gasteiger partial charge in [-0.2, -0.15) is 0 Å². The third kappa shape index (κ3) is 5.15. The van der Waals surface area contributed by atoms with Gasteiger partial charge in [0.1, 0.15) is 6.61 Å². The third-order valence-electron chi connectivity index (χ3n) is 3.40. The predicted octanol–water partition coefficient (Wildman–Crippen LogP) is 3.01. The summed E-state index contributed by atoms with van der Waals surface area (Å²) in [6, 6.07) is 12.5. The molecule has 2 aromatic rings. The van der Waals surface area contributed by atoms with Gasteiger partial charge in [0.15, 0.2) is 11.5 Å². The monoisotopic (exact) mass is 348 g/mol. The van der Waals surface area contributed by atoms with Crippen molar-refractivity contribution < 1.29 is 14.3 Å². The standard InChI is InChI=1S/C18H21ClN2O3/c1-23-17-11-14(18(22)21-10-2-9-20)5-8-16(17)24-12-13-3-6-15(19)7-4-13/h3-8,11H,2,9-10,12,20H2,1H3,(H,21,22). The molecule has 24 heavy (non-hydrogen) atoms. The molecule has 2 rings (SSSR count). The maximum atomic E-state index is 12.0. The summed E-state index contributed by atoms with van der Waals surface area (Å²) in [5.74, 6) is 0.924. The molecule has 0 spiro atoms. The number of nitrogens with two attached hydrogens (primary N) is 1. The van der Waals surface area contributed by atoms with E-state index in [4.69, 9.17) is 26.8 Å². The van der Waals surface area contributed by atoms with Gasteiger partial charge >= 0.3 is 0 Å². The number of halogens is 1. The van der Waals surface area contributed by atoms with E-state index in [-0.39, 0.29) is 5.91 Å².